The van der Waals surface area contributed by atoms with Crippen molar-refractivity contribution in [2.75, 3.05) is 26.4 Å². The summed E-state index contributed by atoms with van der Waals surface area (Å²) in [4.78, 5) is 2.15. The molecule has 11 heavy (non-hydrogen) atoms. The highest BCUT2D eigenvalue weighted by Crippen LogP contribution is 1.96. The molecule has 4 nitrogen and oxygen atoms in total. The molecule has 4 heteroatoms. The van der Waals surface area contributed by atoms with Gasteiger partial charge in [0, 0.05) is 13.2 Å². The number of nitrogens with one attached hydrogen (secondary N) is 1. The molecule has 0 radical (unpaired) electrons. The lowest BCUT2D eigenvalue weighted by Gasteiger charge is -2.15. The fourth-order valence-electron chi connectivity index (χ4n) is 0.985. The van der Waals surface area contributed by atoms with Crippen LogP contribution in [0.2, 0.25) is 0 Å². The van der Waals surface area contributed by atoms with Crippen LogP contribution in [0.25, 0.3) is 0 Å². The molecule has 0 aromatic carbocycles. The third kappa shape index (κ3) is 2.08. The van der Waals surface area contributed by atoms with E-state index in [0.29, 0.717) is 6.61 Å². The van der Waals surface area contributed by atoms with Crippen molar-refractivity contribution in [3.05, 3.63) is 0 Å². The van der Waals surface area contributed by atoms with Crippen molar-refractivity contribution in [2.24, 2.45) is 5.10 Å². The van der Waals surface area contributed by atoms with Crippen LogP contribution in [0.1, 0.15) is 13.8 Å². The van der Waals surface area contributed by atoms with Gasteiger partial charge in [-0.3, -0.25) is 5.43 Å². The quantitative estimate of drug-likeness (QED) is 0.634. The zero-order valence-corrected chi connectivity index (χ0v) is 7.13. The predicted molar refractivity (Wildman–Crippen MR) is 44.3 cm³/mol. The number of hydrogen-bond donors (Lipinski definition) is 1. The lowest BCUT2D eigenvalue weighted by Crippen LogP contribution is -2.31. The largest absolute Gasteiger partial charge is 0.374 e. The molecular formula is C7H15N3O. The van der Waals surface area contributed by atoms with Crippen molar-refractivity contribution in [3.63, 3.8) is 0 Å². The smallest absolute Gasteiger partial charge is 0.152 e. The van der Waals surface area contributed by atoms with Crippen LogP contribution in [0.15, 0.2) is 5.10 Å². The molecule has 64 valence electrons. The molecule has 0 saturated carbocycles. The summed E-state index contributed by atoms with van der Waals surface area (Å²) in [5, 5.41) is 4.09. The Morgan fingerprint density at radius 2 is 2.45 bits per heavy atom. The summed E-state index contributed by atoms with van der Waals surface area (Å²) < 4.78 is 5.24. The number of ether oxygens (including phenoxy) is 1. The molecule has 1 rings (SSSR count). The average molecular weight is 157 g/mol. The molecule has 0 fully saturated rings. The second kappa shape index (κ2) is 4.18. The van der Waals surface area contributed by atoms with Crippen LogP contribution < -0.4 is 5.43 Å². The molecule has 1 aliphatic heterocycles. The number of rotatable bonds is 4. The SMILES string of the molecule is CCOCC1=NNCN1CC. The van der Waals surface area contributed by atoms with E-state index in [1.54, 1.807) is 0 Å². The van der Waals surface area contributed by atoms with Crippen LogP contribution in [0.4, 0.5) is 0 Å². The van der Waals surface area contributed by atoms with Gasteiger partial charge in [0.05, 0.1) is 0 Å². The van der Waals surface area contributed by atoms with Gasteiger partial charge < -0.3 is 9.64 Å². The fraction of sp³-hybridized carbons (Fsp3) is 0.857. The van der Waals surface area contributed by atoms with Gasteiger partial charge in [0.2, 0.25) is 0 Å². The van der Waals surface area contributed by atoms with Crippen LogP contribution in [-0.2, 0) is 4.74 Å². The first-order valence-corrected chi connectivity index (χ1v) is 4.00. The Morgan fingerprint density at radius 3 is 3.09 bits per heavy atom. The van der Waals surface area contributed by atoms with Gasteiger partial charge in [-0.2, -0.15) is 5.10 Å². The summed E-state index contributed by atoms with van der Waals surface area (Å²) in [5.74, 6) is 1.01. The van der Waals surface area contributed by atoms with E-state index >= 15 is 0 Å². The topological polar surface area (TPSA) is 36.9 Å². The first-order valence-electron chi connectivity index (χ1n) is 4.00. The maximum atomic E-state index is 5.24. The maximum Gasteiger partial charge on any atom is 0.152 e. The van der Waals surface area contributed by atoms with Crippen LogP contribution in [0, 0.1) is 0 Å². The highest BCUT2D eigenvalue weighted by molar-refractivity contribution is 5.84. The van der Waals surface area contributed by atoms with E-state index in [2.05, 4.69) is 22.4 Å². The molecular weight excluding hydrogens is 142 g/mol. The Labute approximate surface area is 67.2 Å². The Bertz CT molecular complexity index is 147. The lowest BCUT2D eigenvalue weighted by atomic mass is 10.5. The maximum absolute atomic E-state index is 5.24. The number of likely N-dealkylation sites (N-methyl/N-ethyl adjacent to an activating group) is 1. The molecule has 0 aromatic rings. The number of hydrazone groups is 1. The van der Waals surface area contributed by atoms with Crippen molar-refractivity contribution in [1.29, 1.82) is 0 Å². The van der Waals surface area contributed by atoms with Crippen LogP contribution >= 0.6 is 0 Å². The minimum absolute atomic E-state index is 0.622. The van der Waals surface area contributed by atoms with E-state index < -0.39 is 0 Å². The van der Waals surface area contributed by atoms with Crippen molar-refractivity contribution < 1.29 is 4.74 Å². The third-order valence-corrected chi connectivity index (χ3v) is 1.65. The molecule has 0 atom stereocenters. The number of amidine groups is 1. The van der Waals surface area contributed by atoms with Gasteiger partial charge in [0.25, 0.3) is 0 Å². The van der Waals surface area contributed by atoms with Gasteiger partial charge in [-0.15, -0.1) is 0 Å². The van der Waals surface area contributed by atoms with E-state index in [9.17, 15) is 0 Å². The Balaban J connectivity index is 2.30. The summed E-state index contributed by atoms with van der Waals surface area (Å²) in [6.07, 6.45) is 0. The highest BCUT2D eigenvalue weighted by Gasteiger charge is 2.13. The van der Waals surface area contributed by atoms with E-state index in [1.807, 2.05) is 6.92 Å². The van der Waals surface area contributed by atoms with Gasteiger partial charge in [0.1, 0.15) is 13.3 Å². The van der Waals surface area contributed by atoms with E-state index in [4.69, 9.17) is 4.74 Å². The Morgan fingerprint density at radius 1 is 1.64 bits per heavy atom. The van der Waals surface area contributed by atoms with Crippen LogP contribution in [0.3, 0.4) is 0 Å². The van der Waals surface area contributed by atoms with Gasteiger partial charge >= 0.3 is 0 Å². The average Bonchev–Trinajstić information content (AvgIpc) is 2.47. The van der Waals surface area contributed by atoms with Gasteiger partial charge in [-0.25, -0.2) is 0 Å². The standard InChI is InChI=1S/C7H15N3O/c1-3-10-6-8-9-7(10)5-11-4-2/h8H,3-6H2,1-2H3. The zero-order valence-electron chi connectivity index (χ0n) is 7.13. The first kappa shape index (κ1) is 8.33. The molecule has 0 saturated heterocycles. The normalized spacial score (nSPS) is 16.5. The number of hydrogen-bond acceptors (Lipinski definition) is 4. The molecule has 0 aliphatic carbocycles. The summed E-state index contributed by atoms with van der Waals surface area (Å²) in [6, 6.07) is 0. The molecule has 0 aromatic heterocycles. The van der Waals surface area contributed by atoms with Crippen LogP contribution in [-0.4, -0.2) is 37.2 Å². The predicted octanol–water partition coefficient (Wildman–Crippen LogP) is 0.219. The fourth-order valence-corrected chi connectivity index (χ4v) is 0.985. The monoisotopic (exact) mass is 157 g/mol. The van der Waals surface area contributed by atoms with E-state index in [1.165, 1.54) is 0 Å². The third-order valence-electron chi connectivity index (χ3n) is 1.65. The second-order valence-electron chi connectivity index (χ2n) is 2.34. The summed E-state index contributed by atoms with van der Waals surface area (Å²) in [7, 11) is 0. The molecule has 0 bridgehead atoms. The van der Waals surface area contributed by atoms with Crippen molar-refractivity contribution in [1.82, 2.24) is 10.3 Å². The Kier molecular flexibility index (Phi) is 3.16. The first-order chi connectivity index (χ1) is 5.38. The second-order valence-corrected chi connectivity index (χ2v) is 2.34. The minimum Gasteiger partial charge on any atom is -0.374 e. The summed E-state index contributed by atoms with van der Waals surface area (Å²) in [5.41, 5.74) is 2.92. The zero-order chi connectivity index (χ0) is 8.10. The molecule has 0 amide bonds. The lowest BCUT2D eigenvalue weighted by molar-refractivity contribution is 0.179. The summed E-state index contributed by atoms with van der Waals surface area (Å²) in [6.45, 7) is 7.26. The van der Waals surface area contributed by atoms with Crippen molar-refractivity contribution >= 4 is 5.84 Å². The van der Waals surface area contributed by atoms with Gasteiger partial charge in [-0.1, -0.05) is 0 Å². The van der Waals surface area contributed by atoms with Gasteiger partial charge in [-0.05, 0) is 13.8 Å². The molecule has 1 N–H and O–H groups in total. The highest BCUT2D eigenvalue weighted by atomic mass is 16.5. The molecule has 1 aliphatic rings. The molecule has 1 heterocycles. The number of nitrogens with zero attached hydrogens (tertiary/aromatic N) is 2. The van der Waals surface area contributed by atoms with Crippen molar-refractivity contribution in [2.45, 2.75) is 13.8 Å². The minimum atomic E-state index is 0.622. The Hall–Kier alpha value is -0.770. The van der Waals surface area contributed by atoms with Crippen molar-refractivity contribution in [3.8, 4) is 0 Å². The van der Waals surface area contributed by atoms with Gasteiger partial charge in [0.15, 0.2) is 5.84 Å². The van der Waals surface area contributed by atoms with E-state index in [0.717, 1.165) is 25.7 Å². The molecule has 0 unspecified atom stereocenters. The molecule has 0 spiro atoms. The summed E-state index contributed by atoms with van der Waals surface area (Å²) >= 11 is 0. The van der Waals surface area contributed by atoms with Crippen LogP contribution in [0.5, 0.6) is 0 Å². The van der Waals surface area contributed by atoms with E-state index in [-0.39, 0.29) is 0 Å².